The zero-order valence-corrected chi connectivity index (χ0v) is 18.6. The summed E-state index contributed by atoms with van der Waals surface area (Å²) in [5.41, 5.74) is 9.05. The van der Waals surface area contributed by atoms with Crippen molar-refractivity contribution in [1.82, 2.24) is 0 Å². The summed E-state index contributed by atoms with van der Waals surface area (Å²) in [7, 11) is 0. The normalized spacial score (nSPS) is 41.6. The third kappa shape index (κ3) is 5.75. The molecule has 0 aliphatic carbocycles. The Hall–Kier alpha value is -1.91. The van der Waals surface area contributed by atoms with Crippen LogP contribution < -0.4 is 0 Å². The van der Waals surface area contributed by atoms with Gasteiger partial charge < -0.3 is 54.0 Å². The lowest BCUT2D eigenvalue weighted by Crippen LogP contribution is -2.66. The number of fused-ring (bicyclic) bond motifs is 1. The number of aliphatic hydroxyl groups is 5. The summed E-state index contributed by atoms with van der Waals surface area (Å²) in [6, 6.07) is 9.10. The van der Waals surface area contributed by atoms with Crippen molar-refractivity contribution >= 4 is 0 Å². The molecular formula is C21H29N3O11. The molecule has 5 N–H and O–H groups in total. The van der Waals surface area contributed by atoms with Crippen molar-refractivity contribution in [2.75, 3.05) is 26.4 Å². The quantitative estimate of drug-likeness (QED) is 0.123. The molecule has 3 aliphatic rings. The highest BCUT2D eigenvalue weighted by atomic mass is 16.8. The Labute approximate surface area is 200 Å². The van der Waals surface area contributed by atoms with Gasteiger partial charge in [-0.25, -0.2) is 0 Å². The van der Waals surface area contributed by atoms with Gasteiger partial charge in [-0.3, -0.25) is 0 Å². The number of nitrogens with zero attached hydrogens (tertiary/aromatic N) is 3. The van der Waals surface area contributed by atoms with E-state index in [1.165, 1.54) is 0 Å². The lowest BCUT2D eigenvalue weighted by atomic mass is 9.96. The predicted octanol–water partition coefficient (Wildman–Crippen LogP) is -1.30. The van der Waals surface area contributed by atoms with Crippen LogP contribution in [-0.4, -0.2) is 113 Å². The van der Waals surface area contributed by atoms with E-state index in [0.717, 1.165) is 5.56 Å². The monoisotopic (exact) mass is 499 g/mol. The largest absolute Gasteiger partial charge is 0.394 e. The molecule has 1 aromatic rings. The van der Waals surface area contributed by atoms with Gasteiger partial charge in [-0.1, -0.05) is 35.4 Å². The average molecular weight is 499 g/mol. The number of hydrogen-bond acceptors (Lipinski definition) is 12. The first-order chi connectivity index (χ1) is 16.9. The van der Waals surface area contributed by atoms with Crippen molar-refractivity contribution in [3.63, 3.8) is 0 Å². The van der Waals surface area contributed by atoms with Crippen LogP contribution in [0, 0.1) is 0 Å². The topological polar surface area (TPSA) is 205 Å². The van der Waals surface area contributed by atoms with Crippen LogP contribution in [0.4, 0.5) is 0 Å². The molecular weight excluding hydrogens is 470 g/mol. The standard InChI is InChI=1S/C21H29N3O11/c22-24-23-6-7-30-20-15(28)13(26)17(11(8-25)32-20)35-21-16(29)14(27)18-12(33-21)9-31-19(34-18)10-4-2-1-3-5-10/h1-5,11-21,25-29H,6-9H2/t11?,12?,13?,14?,15?,16?,17-,18+,19?,20-,21+/m1/s1. The third-order valence-corrected chi connectivity index (χ3v) is 6.05. The zero-order chi connectivity index (χ0) is 24.9. The maximum atomic E-state index is 10.7. The second-order valence-corrected chi connectivity index (χ2v) is 8.33. The maximum absolute atomic E-state index is 10.7. The van der Waals surface area contributed by atoms with E-state index in [2.05, 4.69) is 10.0 Å². The van der Waals surface area contributed by atoms with Crippen LogP contribution in [-0.2, 0) is 28.4 Å². The number of azide groups is 1. The minimum absolute atomic E-state index is 0.0271. The van der Waals surface area contributed by atoms with Gasteiger partial charge in [0.25, 0.3) is 0 Å². The second-order valence-electron chi connectivity index (χ2n) is 8.33. The van der Waals surface area contributed by atoms with Gasteiger partial charge in [0.15, 0.2) is 18.9 Å². The summed E-state index contributed by atoms with van der Waals surface area (Å²) in [6.07, 6.45) is -13.9. The van der Waals surface area contributed by atoms with Gasteiger partial charge >= 0.3 is 0 Å². The first-order valence-electron chi connectivity index (χ1n) is 11.2. The highest BCUT2D eigenvalue weighted by molar-refractivity contribution is 5.16. The van der Waals surface area contributed by atoms with Crippen molar-refractivity contribution in [3.05, 3.63) is 46.3 Å². The molecule has 11 atom stereocenters. The fourth-order valence-electron chi connectivity index (χ4n) is 4.24. The summed E-state index contributed by atoms with van der Waals surface area (Å²) in [5, 5.41) is 55.4. The summed E-state index contributed by atoms with van der Waals surface area (Å²) in [6.45, 7) is -0.704. The van der Waals surface area contributed by atoms with Crippen LogP contribution >= 0.6 is 0 Å². The van der Waals surface area contributed by atoms with Crippen LogP contribution in [0.1, 0.15) is 11.9 Å². The van der Waals surface area contributed by atoms with E-state index in [4.69, 9.17) is 34.0 Å². The van der Waals surface area contributed by atoms with Gasteiger partial charge in [-0.05, 0) is 5.53 Å². The number of hydrogen-bond donors (Lipinski definition) is 5. The predicted molar refractivity (Wildman–Crippen MR) is 113 cm³/mol. The van der Waals surface area contributed by atoms with E-state index >= 15 is 0 Å². The second kappa shape index (κ2) is 11.9. The molecule has 0 spiro atoms. The molecule has 35 heavy (non-hydrogen) atoms. The first kappa shape index (κ1) is 26.2. The number of benzene rings is 1. The third-order valence-electron chi connectivity index (χ3n) is 6.05. The van der Waals surface area contributed by atoms with E-state index in [1.54, 1.807) is 0 Å². The smallest absolute Gasteiger partial charge is 0.187 e. The van der Waals surface area contributed by atoms with Gasteiger partial charge in [-0.2, -0.15) is 0 Å². The minimum Gasteiger partial charge on any atom is -0.394 e. The molecule has 3 saturated heterocycles. The summed E-state index contributed by atoms with van der Waals surface area (Å²) < 4.78 is 33.8. The molecule has 7 unspecified atom stereocenters. The molecule has 3 heterocycles. The molecule has 0 aromatic heterocycles. The molecule has 3 fully saturated rings. The molecule has 194 valence electrons. The maximum Gasteiger partial charge on any atom is 0.187 e. The Balaban J connectivity index is 1.39. The Morgan fingerprint density at radius 2 is 1.71 bits per heavy atom. The SMILES string of the molecule is [N-]=[N+]=NCCO[C@@H]1OC(CO)[C@@H](O[C@@H]2OC3COC(c4ccccc4)O[C@@H]3C(O)C2O)C(O)C1O. The van der Waals surface area contributed by atoms with Gasteiger partial charge in [0, 0.05) is 17.0 Å². The van der Waals surface area contributed by atoms with Crippen LogP contribution in [0.25, 0.3) is 10.4 Å². The molecule has 0 bridgehead atoms. The first-order valence-corrected chi connectivity index (χ1v) is 11.2. The van der Waals surface area contributed by atoms with Crippen LogP contribution in [0.5, 0.6) is 0 Å². The molecule has 14 nitrogen and oxygen atoms in total. The molecule has 0 amide bonds. The highest BCUT2D eigenvalue weighted by Crippen LogP contribution is 2.35. The van der Waals surface area contributed by atoms with Gasteiger partial charge in [-0.15, -0.1) is 0 Å². The van der Waals surface area contributed by atoms with Crippen molar-refractivity contribution < 1.29 is 54.0 Å². The molecule has 0 saturated carbocycles. The van der Waals surface area contributed by atoms with E-state index in [0.29, 0.717) is 0 Å². The Kier molecular flexibility index (Phi) is 8.88. The highest BCUT2D eigenvalue weighted by Gasteiger charge is 2.53. The van der Waals surface area contributed by atoms with E-state index in [9.17, 15) is 25.5 Å². The lowest BCUT2D eigenvalue weighted by Gasteiger charge is -2.48. The van der Waals surface area contributed by atoms with E-state index < -0.39 is 74.3 Å². The molecule has 1 aromatic carbocycles. The average Bonchev–Trinajstić information content (AvgIpc) is 2.89. The van der Waals surface area contributed by atoms with Crippen molar-refractivity contribution in [3.8, 4) is 0 Å². The van der Waals surface area contributed by atoms with Crippen LogP contribution in [0.2, 0.25) is 0 Å². The van der Waals surface area contributed by atoms with Gasteiger partial charge in [0.05, 0.1) is 19.8 Å². The number of ether oxygens (including phenoxy) is 6. The fourth-order valence-corrected chi connectivity index (χ4v) is 4.24. The summed E-state index contributed by atoms with van der Waals surface area (Å²) in [5.74, 6) is 0. The zero-order valence-electron chi connectivity index (χ0n) is 18.6. The van der Waals surface area contributed by atoms with Gasteiger partial charge in [0.1, 0.15) is 48.8 Å². The number of rotatable bonds is 8. The minimum atomic E-state index is -1.60. The summed E-state index contributed by atoms with van der Waals surface area (Å²) in [4.78, 5) is 2.58. The lowest BCUT2D eigenvalue weighted by molar-refractivity contribution is -0.385. The summed E-state index contributed by atoms with van der Waals surface area (Å²) >= 11 is 0. The van der Waals surface area contributed by atoms with Crippen molar-refractivity contribution in [2.45, 2.75) is 67.7 Å². The van der Waals surface area contributed by atoms with Crippen molar-refractivity contribution in [1.29, 1.82) is 0 Å². The Morgan fingerprint density at radius 1 is 0.971 bits per heavy atom. The van der Waals surface area contributed by atoms with E-state index in [1.807, 2.05) is 30.3 Å². The Bertz CT molecular complexity index is 856. The van der Waals surface area contributed by atoms with E-state index in [-0.39, 0.29) is 19.8 Å². The molecule has 3 aliphatic heterocycles. The molecule has 14 heteroatoms. The molecule has 4 rings (SSSR count). The van der Waals surface area contributed by atoms with Crippen molar-refractivity contribution in [2.24, 2.45) is 5.11 Å². The Morgan fingerprint density at radius 3 is 2.43 bits per heavy atom. The number of aliphatic hydroxyl groups excluding tert-OH is 5. The van der Waals surface area contributed by atoms with Crippen LogP contribution in [0.15, 0.2) is 35.4 Å². The fraction of sp³-hybridized carbons (Fsp3) is 0.714. The molecule has 0 radical (unpaired) electrons. The van der Waals surface area contributed by atoms with Crippen LogP contribution in [0.3, 0.4) is 0 Å². The van der Waals surface area contributed by atoms with Gasteiger partial charge in [0.2, 0.25) is 0 Å².